The number of hydrogen-bond donors (Lipinski definition) is 0. The zero-order valence-electron chi connectivity index (χ0n) is 23.5. The first-order valence-electron chi connectivity index (χ1n) is 13.9. The van der Waals surface area contributed by atoms with Crippen molar-refractivity contribution >= 4 is 34.4 Å². The fourth-order valence-corrected chi connectivity index (χ4v) is 4.99. The quantitative estimate of drug-likeness (QED) is 0.221. The molecule has 0 aliphatic rings. The summed E-state index contributed by atoms with van der Waals surface area (Å²) in [6.07, 6.45) is 8.42. The zero-order valence-corrected chi connectivity index (χ0v) is 24.3. The van der Waals surface area contributed by atoms with Crippen molar-refractivity contribution in [3.63, 3.8) is 0 Å². The lowest BCUT2D eigenvalue weighted by atomic mass is 10.00. The van der Waals surface area contributed by atoms with Crippen molar-refractivity contribution in [2.75, 3.05) is 0 Å². The Bertz CT molecular complexity index is 1110. The Morgan fingerprint density at radius 3 is 1.24 bits per heavy atom. The highest BCUT2D eigenvalue weighted by molar-refractivity contribution is 6.31. The average molecular weight is 516 g/mol. The summed E-state index contributed by atoms with van der Waals surface area (Å²) in [4.78, 5) is 15.2. The van der Waals surface area contributed by atoms with Gasteiger partial charge in [-0.15, -0.1) is 0 Å². The van der Waals surface area contributed by atoms with E-state index in [1.807, 2.05) is 26.0 Å². The molecule has 1 aromatic heterocycles. The van der Waals surface area contributed by atoms with Crippen molar-refractivity contribution < 1.29 is 0 Å². The number of para-hydroxylation sites is 2. The number of nitrogens with zero attached hydrogens (tertiary/aromatic N) is 3. The first-order chi connectivity index (χ1) is 17.9. The van der Waals surface area contributed by atoms with Crippen LogP contribution in [0.4, 0.5) is 11.4 Å². The molecule has 2 aromatic carbocycles. The maximum atomic E-state index is 6.62. The second-order valence-electron chi connectivity index (χ2n) is 9.80. The zero-order chi connectivity index (χ0) is 26.8. The van der Waals surface area contributed by atoms with Gasteiger partial charge in [0.15, 0.2) is 0 Å². The predicted octanol–water partition coefficient (Wildman–Crippen LogP) is 9.83. The highest BCUT2D eigenvalue weighted by Gasteiger charge is 2.13. The fourth-order valence-electron chi connectivity index (χ4n) is 4.78. The first kappa shape index (κ1) is 28.8. The average Bonchev–Trinajstić information content (AvgIpc) is 2.87. The highest BCUT2D eigenvalue weighted by Crippen LogP contribution is 2.30. The molecule has 0 amide bonds. The van der Waals surface area contributed by atoms with Gasteiger partial charge in [-0.2, -0.15) is 0 Å². The van der Waals surface area contributed by atoms with Crippen LogP contribution in [-0.2, 0) is 25.7 Å². The molecule has 0 N–H and O–H groups in total. The van der Waals surface area contributed by atoms with Crippen LogP contribution in [0.1, 0.15) is 101 Å². The van der Waals surface area contributed by atoms with Crippen LogP contribution in [0.2, 0.25) is 5.02 Å². The molecular formula is C33H42ClN3. The lowest BCUT2D eigenvalue weighted by molar-refractivity contribution is 0.895. The minimum absolute atomic E-state index is 0.648. The van der Waals surface area contributed by atoms with Crippen LogP contribution >= 0.6 is 11.6 Å². The van der Waals surface area contributed by atoms with Gasteiger partial charge in [0, 0.05) is 5.02 Å². The highest BCUT2D eigenvalue weighted by atomic mass is 35.5. The fraction of sp³-hybridized carbons (Fsp3) is 0.424. The molecule has 0 saturated carbocycles. The molecule has 0 unspecified atom stereocenters. The molecular weight excluding hydrogens is 474 g/mol. The first-order valence-corrected chi connectivity index (χ1v) is 14.3. The monoisotopic (exact) mass is 515 g/mol. The molecule has 0 atom stereocenters. The van der Waals surface area contributed by atoms with E-state index in [4.69, 9.17) is 26.6 Å². The number of halogens is 1. The van der Waals surface area contributed by atoms with Crippen molar-refractivity contribution in [2.45, 2.75) is 92.9 Å². The van der Waals surface area contributed by atoms with Gasteiger partial charge < -0.3 is 0 Å². The summed E-state index contributed by atoms with van der Waals surface area (Å²) in [6, 6.07) is 16.9. The molecule has 0 aliphatic heterocycles. The van der Waals surface area contributed by atoms with Crippen molar-refractivity contribution in [3.8, 4) is 0 Å². The van der Waals surface area contributed by atoms with Gasteiger partial charge in [0.1, 0.15) is 0 Å². The normalized spacial score (nSPS) is 12.3. The third-order valence-corrected chi connectivity index (χ3v) is 6.79. The molecule has 3 nitrogen and oxygen atoms in total. The van der Waals surface area contributed by atoms with Crippen LogP contribution in [0.25, 0.3) is 0 Å². The number of aliphatic imine (C=N–C) groups is 2. The van der Waals surface area contributed by atoms with Crippen LogP contribution in [0, 0.1) is 0 Å². The molecule has 0 spiro atoms. The second kappa shape index (κ2) is 14.2. The van der Waals surface area contributed by atoms with Gasteiger partial charge in [0.25, 0.3) is 0 Å². The van der Waals surface area contributed by atoms with Crippen molar-refractivity contribution in [1.29, 1.82) is 0 Å². The van der Waals surface area contributed by atoms with Crippen molar-refractivity contribution in [3.05, 3.63) is 87.2 Å². The Morgan fingerprint density at radius 1 is 0.622 bits per heavy atom. The van der Waals surface area contributed by atoms with Gasteiger partial charge in [0.2, 0.25) is 0 Å². The Hall–Kier alpha value is -2.78. The number of pyridine rings is 1. The van der Waals surface area contributed by atoms with E-state index in [1.54, 1.807) is 0 Å². The third-order valence-electron chi connectivity index (χ3n) is 6.57. The standard InChI is InChI=1S/C33H42ClN3/c1-7-13-25-17-11-18-26(14-8-2)32(25)35-23(5)30-21-29(34)22-31(37-30)24(6)36-33-27(15-9-3)19-12-20-28(33)16-10-4/h11-12,17-22H,7-10,13-16H2,1-6H3. The molecule has 0 aliphatic carbocycles. The molecule has 3 aromatic rings. The van der Waals surface area contributed by atoms with E-state index in [-0.39, 0.29) is 0 Å². The summed E-state index contributed by atoms with van der Waals surface area (Å²) in [5.41, 5.74) is 10.7. The van der Waals surface area contributed by atoms with E-state index in [0.717, 1.165) is 85.6 Å². The largest absolute Gasteiger partial charge is 0.251 e. The summed E-state index contributed by atoms with van der Waals surface area (Å²) in [7, 11) is 0. The lowest BCUT2D eigenvalue weighted by Gasteiger charge is -2.13. The molecule has 4 heteroatoms. The van der Waals surface area contributed by atoms with Gasteiger partial charge in [-0.05, 0) is 73.9 Å². The Morgan fingerprint density at radius 2 is 0.946 bits per heavy atom. The topological polar surface area (TPSA) is 37.6 Å². The Kier molecular flexibility index (Phi) is 11.1. The molecule has 0 bridgehead atoms. The maximum Gasteiger partial charge on any atom is 0.0864 e. The predicted molar refractivity (Wildman–Crippen MR) is 162 cm³/mol. The van der Waals surface area contributed by atoms with Crippen LogP contribution in [0.3, 0.4) is 0 Å². The Labute approximate surface area is 229 Å². The molecule has 3 rings (SSSR count). The van der Waals surface area contributed by atoms with Gasteiger partial charge in [-0.25, -0.2) is 4.98 Å². The van der Waals surface area contributed by atoms with Gasteiger partial charge >= 0.3 is 0 Å². The van der Waals surface area contributed by atoms with E-state index in [1.165, 1.54) is 22.3 Å². The summed E-state index contributed by atoms with van der Waals surface area (Å²) < 4.78 is 0. The Balaban J connectivity index is 2.07. The minimum atomic E-state index is 0.648. The second-order valence-corrected chi connectivity index (χ2v) is 10.2. The SMILES string of the molecule is CCCc1cccc(CCC)c1N=C(C)c1cc(Cl)cc(C(C)=Nc2c(CCC)cccc2CCC)n1. The molecule has 1 heterocycles. The van der Waals surface area contributed by atoms with E-state index in [0.29, 0.717) is 5.02 Å². The van der Waals surface area contributed by atoms with E-state index >= 15 is 0 Å². The van der Waals surface area contributed by atoms with E-state index in [2.05, 4.69) is 64.1 Å². The molecule has 0 radical (unpaired) electrons. The van der Waals surface area contributed by atoms with E-state index < -0.39 is 0 Å². The van der Waals surface area contributed by atoms with Crippen LogP contribution in [0.15, 0.2) is 58.5 Å². The van der Waals surface area contributed by atoms with Crippen LogP contribution in [0.5, 0.6) is 0 Å². The van der Waals surface area contributed by atoms with Crippen molar-refractivity contribution in [2.24, 2.45) is 9.98 Å². The summed E-state index contributed by atoms with van der Waals surface area (Å²) in [6.45, 7) is 12.9. The number of benzene rings is 2. The van der Waals surface area contributed by atoms with Crippen molar-refractivity contribution in [1.82, 2.24) is 4.98 Å². The number of hydrogen-bond acceptors (Lipinski definition) is 3. The molecule has 196 valence electrons. The number of rotatable bonds is 12. The molecule has 0 fully saturated rings. The van der Waals surface area contributed by atoms with Crippen LogP contribution < -0.4 is 0 Å². The third kappa shape index (κ3) is 7.61. The molecule has 37 heavy (non-hydrogen) atoms. The van der Waals surface area contributed by atoms with Crippen LogP contribution in [-0.4, -0.2) is 16.4 Å². The summed E-state index contributed by atoms with van der Waals surface area (Å²) >= 11 is 6.62. The molecule has 0 saturated heterocycles. The minimum Gasteiger partial charge on any atom is -0.251 e. The van der Waals surface area contributed by atoms with E-state index in [9.17, 15) is 0 Å². The summed E-state index contributed by atoms with van der Waals surface area (Å²) in [5, 5.41) is 0.648. The lowest BCUT2D eigenvalue weighted by Crippen LogP contribution is -2.06. The van der Waals surface area contributed by atoms with Gasteiger partial charge in [-0.1, -0.05) is 101 Å². The smallest absolute Gasteiger partial charge is 0.0864 e. The number of aromatic nitrogens is 1. The van der Waals surface area contributed by atoms with Gasteiger partial charge in [0.05, 0.1) is 34.2 Å². The maximum absolute atomic E-state index is 6.62. The number of aryl methyl sites for hydroxylation is 4. The summed E-state index contributed by atoms with van der Waals surface area (Å²) in [5.74, 6) is 0. The van der Waals surface area contributed by atoms with Gasteiger partial charge in [-0.3, -0.25) is 9.98 Å².